The van der Waals surface area contributed by atoms with E-state index < -0.39 is 0 Å². The molecule has 0 spiro atoms. The van der Waals surface area contributed by atoms with E-state index in [-0.39, 0.29) is 5.91 Å². The van der Waals surface area contributed by atoms with Crippen LogP contribution in [0.4, 0.5) is 5.69 Å². The molecule has 8 heteroatoms. The van der Waals surface area contributed by atoms with Crippen LogP contribution in [0.3, 0.4) is 0 Å². The lowest BCUT2D eigenvalue weighted by Crippen LogP contribution is -2.10. The van der Waals surface area contributed by atoms with Crippen LogP contribution >= 0.6 is 46.1 Å². The van der Waals surface area contributed by atoms with Gasteiger partial charge in [-0.3, -0.25) is 4.79 Å². The van der Waals surface area contributed by atoms with E-state index in [4.69, 9.17) is 39.2 Å². The average molecular weight is 524 g/mol. The van der Waals surface area contributed by atoms with Crippen LogP contribution in [0.1, 0.15) is 9.67 Å². The van der Waals surface area contributed by atoms with E-state index in [0.717, 1.165) is 26.4 Å². The zero-order chi connectivity index (χ0) is 23.4. The molecule has 0 unspecified atom stereocenters. The van der Waals surface area contributed by atoms with E-state index in [2.05, 4.69) is 10.3 Å². The van der Waals surface area contributed by atoms with E-state index in [9.17, 15) is 4.79 Å². The van der Waals surface area contributed by atoms with Crippen molar-refractivity contribution < 1.29 is 9.21 Å². The second-order valence-corrected chi connectivity index (χ2v) is 9.96. The molecule has 1 N–H and O–H groups in total. The molecule has 2 heterocycles. The first-order valence-corrected chi connectivity index (χ1v) is 12.2. The molecule has 0 aliphatic carbocycles. The molecule has 0 aliphatic heterocycles. The third kappa shape index (κ3) is 3.62. The van der Waals surface area contributed by atoms with Gasteiger partial charge in [0.1, 0.15) is 10.4 Å². The molecule has 0 aliphatic rings. The number of halogens is 3. The standard InChI is InChI=1S/C26H13Cl3N2O2S/c27-13-7-9-18-22(11-13)34-24(23(18)29)25(32)30-14-8-10-21-20(12-14)31-26(33-21)17-5-1-4-16-15(17)3-2-6-19(16)28/h1-12H,(H,30,32). The molecule has 4 nitrogen and oxygen atoms in total. The Morgan fingerprint density at radius 1 is 0.882 bits per heavy atom. The van der Waals surface area contributed by atoms with Gasteiger partial charge in [-0.05, 0) is 47.9 Å². The number of nitrogens with zero attached hydrogens (tertiary/aromatic N) is 1. The zero-order valence-electron chi connectivity index (χ0n) is 17.2. The highest BCUT2D eigenvalue weighted by Gasteiger charge is 2.18. The lowest BCUT2D eigenvalue weighted by molar-refractivity contribution is 0.103. The minimum absolute atomic E-state index is 0.297. The Balaban J connectivity index is 1.35. The van der Waals surface area contributed by atoms with Crippen LogP contribution in [0, 0.1) is 0 Å². The zero-order valence-corrected chi connectivity index (χ0v) is 20.3. The summed E-state index contributed by atoms with van der Waals surface area (Å²) in [6, 6.07) is 22.3. The Bertz CT molecular complexity index is 1760. The first kappa shape index (κ1) is 21.4. The number of nitrogens with one attached hydrogen (secondary N) is 1. The SMILES string of the molecule is O=C(Nc1ccc2oc(-c3cccc4c(Cl)cccc34)nc2c1)c1sc2cc(Cl)ccc2c1Cl. The minimum Gasteiger partial charge on any atom is -0.436 e. The number of hydrogen-bond donors (Lipinski definition) is 1. The van der Waals surface area contributed by atoms with Crippen molar-refractivity contribution in [3.05, 3.63) is 92.7 Å². The molecule has 4 aromatic carbocycles. The Morgan fingerprint density at radius 2 is 1.71 bits per heavy atom. The summed E-state index contributed by atoms with van der Waals surface area (Å²) in [6.07, 6.45) is 0. The summed E-state index contributed by atoms with van der Waals surface area (Å²) in [7, 11) is 0. The number of benzene rings is 4. The number of rotatable bonds is 3. The summed E-state index contributed by atoms with van der Waals surface area (Å²) in [4.78, 5) is 18.0. The van der Waals surface area contributed by atoms with Crippen molar-refractivity contribution in [2.45, 2.75) is 0 Å². The molecule has 166 valence electrons. The third-order valence-corrected chi connectivity index (χ3v) is 7.76. The summed E-state index contributed by atoms with van der Waals surface area (Å²) < 4.78 is 6.87. The molecule has 0 fully saturated rings. The van der Waals surface area contributed by atoms with Gasteiger partial charge in [0.05, 0.1) is 5.02 Å². The van der Waals surface area contributed by atoms with E-state index in [1.165, 1.54) is 11.3 Å². The smallest absolute Gasteiger partial charge is 0.267 e. The van der Waals surface area contributed by atoms with Crippen LogP contribution in [0.15, 0.2) is 77.2 Å². The van der Waals surface area contributed by atoms with Gasteiger partial charge in [0.25, 0.3) is 5.91 Å². The number of fused-ring (bicyclic) bond motifs is 3. The number of anilines is 1. The predicted molar refractivity (Wildman–Crippen MR) is 142 cm³/mol. The van der Waals surface area contributed by atoms with Crippen molar-refractivity contribution in [2.24, 2.45) is 0 Å². The van der Waals surface area contributed by atoms with Gasteiger partial charge in [-0.25, -0.2) is 4.98 Å². The number of aromatic nitrogens is 1. The third-order valence-electron chi connectivity index (χ3n) is 5.54. The van der Waals surface area contributed by atoms with Crippen LogP contribution in [-0.4, -0.2) is 10.9 Å². The predicted octanol–water partition coefficient (Wildman–Crippen LogP) is 9.08. The quantitative estimate of drug-likeness (QED) is 0.252. The Hall–Kier alpha value is -3.09. The summed E-state index contributed by atoms with van der Waals surface area (Å²) in [5, 5.41) is 7.26. The summed E-state index contributed by atoms with van der Waals surface area (Å²) in [5.41, 5.74) is 2.67. The Labute approximate surface area is 212 Å². The van der Waals surface area contributed by atoms with E-state index in [1.54, 1.807) is 30.3 Å². The average Bonchev–Trinajstić information content (AvgIpc) is 3.39. The fourth-order valence-corrected chi connectivity index (χ4v) is 5.88. The highest BCUT2D eigenvalue weighted by molar-refractivity contribution is 7.21. The molecule has 6 rings (SSSR count). The maximum Gasteiger partial charge on any atom is 0.267 e. The number of carbonyl (C=O) groups is 1. The Morgan fingerprint density at radius 3 is 2.59 bits per heavy atom. The van der Waals surface area contributed by atoms with Gasteiger partial charge in [0.2, 0.25) is 5.89 Å². The van der Waals surface area contributed by atoms with E-state index >= 15 is 0 Å². The monoisotopic (exact) mass is 522 g/mol. The molecule has 0 saturated carbocycles. The molecule has 0 bridgehead atoms. The number of amides is 1. The molecule has 0 atom stereocenters. The van der Waals surface area contributed by atoms with Crippen molar-refractivity contribution in [3.8, 4) is 11.5 Å². The molecule has 34 heavy (non-hydrogen) atoms. The molecule has 6 aromatic rings. The van der Waals surface area contributed by atoms with Crippen LogP contribution in [0.2, 0.25) is 15.1 Å². The summed E-state index contributed by atoms with van der Waals surface area (Å²) in [5.74, 6) is 0.185. The highest BCUT2D eigenvalue weighted by atomic mass is 35.5. The van der Waals surface area contributed by atoms with Gasteiger partial charge in [-0.2, -0.15) is 0 Å². The topological polar surface area (TPSA) is 55.1 Å². The molecular formula is C26H13Cl3N2O2S. The second-order valence-electron chi connectivity index (χ2n) is 7.68. The van der Waals surface area contributed by atoms with Crippen molar-refractivity contribution in [1.82, 2.24) is 4.98 Å². The highest BCUT2D eigenvalue weighted by Crippen LogP contribution is 2.38. The molecule has 0 saturated heterocycles. The van der Waals surface area contributed by atoms with Gasteiger partial charge >= 0.3 is 0 Å². The molecule has 2 aromatic heterocycles. The lowest BCUT2D eigenvalue weighted by atomic mass is 10.0. The van der Waals surface area contributed by atoms with E-state index in [0.29, 0.717) is 42.6 Å². The maximum absolute atomic E-state index is 13.0. The number of thiophene rings is 1. The minimum atomic E-state index is -0.297. The van der Waals surface area contributed by atoms with Gasteiger partial charge in [0.15, 0.2) is 5.58 Å². The first-order valence-electron chi connectivity index (χ1n) is 10.2. The van der Waals surface area contributed by atoms with Crippen molar-refractivity contribution in [2.75, 3.05) is 5.32 Å². The van der Waals surface area contributed by atoms with Gasteiger partial charge < -0.3 is 9.73 Å². The van der Waals surface area contributed by atoms with Gasteiger partial charge in [0, 0.05) is 36.8 Å². The number of oxazole rings is 1. The van der Waals surface area contributed by atoms with E-state index in [1.807, 2.05) is 42.5 Å². The van der Waals surface area contributed by atoms with Crippen LogP contribution < -0.4 is 5.32 Å². The van der Waals surface area contributed by atoms with Crippen molar-refractivity contribution in [3.63, 3.8) is 0 Å². The van der Waals surface area contributed by atoms with Gasteiger partial charge in [-0.15, -0.1) is 11.3 Å². The normalized spacial score (nSPS) is 11.5. The molecule has 1 amide bonds. The summed E-state index contributed by atoms with van der Waals surface area (Å²) in [6.45, 7) is 0. The molecule has 0 radical (unpaired) electrons. The van der Waals surface area contributed by atoms with Crippen LogP contribution in [0.25, 0.3) is 43.4 Å². The van der Waals surface area contributed by atoms with Crippen molar-refractivity contribution >= 4 is 89.7 Å². The van der Waals surface area contributed by atoms with Gasteiger partial charge in [-0.1, -0.05) is 65.1 Å². The molecular weight excluding hydrogens is 511 g/mol. The second kappa shape index (κ2) is 8.29. The first-order chi connectivity index (χ1) is 16.5. The number of carbonyl (C=O) groups excluding carboxylic acids is 1. The van der Waals surface area contributed by atoms with Crippen LogP contribution in [-0.2, 0) is 0 Å². The fourth-order valence-electron chi connectivity index (χ4n) is 3.95. The number of hydrogen-bond acceptors (Lipinski definition) is 4. The van der Waals surface area contributed by atoms with Crippen molar-refractivity contribution in [1.29, 1.82) is 0 Å². The lowest BCUT2D eigenvalue weighted by Gasteiger charge is -2.04. The maximum atomic E-state index is 13.0. The fraction of sp³-hybridized carbons (Fsp3) is 0. The van der Waals surface area contributed by atoms with Crippen LogP contribution in [0.5, 0.6) is 0 Å². The Kier molecular flexibility index (Phi) is 5.23. The largest absolute Gasteiger partial charge is 0.436 e. The summed E-state index contributed by atoms with van der Waals surface area (Å²) >= 11 is 20.2.